The third-order valence-electron chi connectivity index (χ3n) is 3.05. The first kappa shape index (κ1) is 12.8. The van der Waals surface area contributed by atoms with Crippen molar-refractivity contribution in [1.82, 2.24) is 5.32 Å². The van der Waals surface area contributed by atoms with Crippen LogP contribution in [0.5, 0.6) is 0 Å². The number of nitrogens with one attached hydrogen (secondary N) is 1. The maximum atomic E-state index is 10.9. The lowest BCUT2D eigenvalue weighted by Crippen LogP contribution is -2.29. The largest absolute Gasteiger partial charge is 0.308 e. The molecule has 15 heavy (non-hydrogen) atoms. The van der Waals surface area contributed by atoms with Gasteiger partial charge in [0.2, 0.25) is 0 Å². The van der Waals surface area contributed by atoms with Crippen molar-refractivity contribution in [3.63, 3.8) is 0 Å². The highest BCUT2D eigenvalue weighted by molar-refractivity contribution is 7.84. The first-order valence-electron chi connectivity index (χ1n) is 5.71. The Morgan fingerprint density at radius 3 is 2.87 bits per heavy atom. The minimum absolute atomic E-state index is 0.0651. The van der Waals surface area contributed by atoms with Crippen molar-refractivity contribution in [2.75, 3.05) is 18.6 Å². The summed E-state index contributed by atoms with van der Waals surface area (Å²) in [7, 11) is -0.655. The average Bonchev–Trinajstić information content (AvgIpc) is 2.42. The van der Waals surface area contributed by atoms with Gasteiger partial charge in [0, 0.05) is 22.8 Å². The zero-order valence-corrected chi connectivity index (χ0v) is 10.2. The molecule has 2 unspecified atom stereocenters. The van der Waals surface area contributed by atoms with Crippen molar-refractivity contribution in [2.24, 2.45) is 5.92 Å². The molecule has 0 aromatic rings. The van der Waals surface area contributed by atoms with E-state index in [1.165, 1.54) is 0 Å². The van der Waals surface area contributed by atoms with Crippen LogP contribution in [0.1, 0.15) is 32.1 Å². The second-order valence-electron chi connectivity index (χ2n) is 4.35. The molecule has 1 heterocycles. The Bertz CT molecular complexity index is 221. The maximum Gasteiger partial charge on any atom is 0.136 e. The zero-order valence-electron chi connectivity index (χ0n) is 9.41. The van der Waals surface area contributed by atoms with Crippen molar-refractivity contribution in [3.8, 4) is 0 Å². The second-order valence-corrected chi connectivity index (χ2v) is 5.90. The number of aldehydes is 1. The smallest absolute Gasteiger partial charge is 0.136 e. The lowest BCUT2D eigenvalue weighted by Gasteiger charge is -2.12. The highest BCUT2D eigenvalue weighted by Gasteiger charge is 2.17. The van der Waals surface area contributed by atoms with Gasteiger partial charge in [-0.05, 0) is 44.6 Å². The Morgan fingerprint density at radius 2 is 2.20 bits per heavy atom. The summed E-state index contributed by atoms with van der Waals surface area (Å²) in [6.45, 7) is 0.948. The van der Waals surface area contributed by atoms with Gasteiger partial charge >= 0.3 is 0 Å². The molecule has 0 amide bonds. The van der Waals surface area contributed by atoms with Crippen molar-refractivity contribution in [3.05, 3.63) is 0 Å². The topological polar surface area (TPSA) is 46.2 Å². The molecule has 0 aromatic heterocycles. The quantitative estimate of drug-likeness (QED) is 0.721. The summed E-state index contributed by atoms with van der Waals surface area (Å²) >= 11 is 0. The fraction of sp³-hybridized carbons (Fsp3) is 0.909. The van der Waals surface area contributed by atoms with Gasteiger partial charge in [0.05, 0.1) is 6.04 Å². The van der Waals surface area contributed by atoms with Gasteiger partial charge in [0.15, 0.2) is 0 Å². The molecule has 3 nitrogen and oxygen atoms in total. The number of carbonyl (C=O) groups is 1. The third kappa shape index (κ3) is 5.42. The van der Waals surface area contributed by atoms with Gasteiger partial charge in [-0.25, -0.2) is 0 Å². The van der Waals surface area contributed by atoms with E-state index in [9.17, 15) is 9.00 Å². The monoisotopic (exact) mass is 231 g/mol. The predicted molar refractivity (Wildman–Crippen MR) is 63.4 cm³/mol. The highest BCUT2D eigenvalue weighted by Crippen LogP contribution is 2.20. The Kier molecular flexibility index (Phi) is 6.10. The average molecular weight is 231 g/mol. The SMILES string of the molecule is CS(=O)CCC[C@@H]1CCNC(C=O)CC1. The summed E-state index contributed by atoms with van der Waals surface area (Å²) < 4.78 is 10.9. The molecule has 3 atom stereocenters. The number of rotatable bonds is 5. The fourth-order valence-electron chi connectivity index (χ4n) is 2.11. The van der Waals surface area contributed by atoms with Gasteiger partial charge in [-0.2, -0.15) is 0 Å². The van der Waals surface area contributed by atoms with E-state index >= 15 is 0 Å². The molecule has 1 saturated heterocycles. The minimum Gasteiger partial charge on any atom is -0.308 e. The maximum absolute atomic E-state index is 10.9. The second kappa shape index (κ2) is 7.12. The summed E-state index contributed by atoms with van der Waals surface area (Å²) in [5, 5.41) is 3.23. The summed E-state index contributed by atoms with van der Waals surface area (Å²) in [6.07, 6.45) is 8.24. The molecule has 0 radical (unpaired) electrons. The molecule has 1 rings (SSSR count). The minimum atomic E-state index is -0.655. The van der Waals surface area contributed by atoms with Crippen LogP contribution in [0.25, 0.3) is 0 Å². The lowest BCUT2D eigenvalue weighted by molar-refractivity contribution is -0.109. The first-order valence-corrected chi connectivity index (χ1v) is 7.44. The molecular weight excluding hydrogens is 210 g/mol. The highest BCUT2D eigenvalue weighted by atomic mass is 32.2. The van der Waals surface area contributed by atoms with Crippen LogP contribution in [0.2, 0.25) is 0 Å². The summed E-state index contributed by atoms with van der Waals surface area (Å²) in [6, 6.07) is 0.0651. The number of hydrogen-bond donors (Lipinski definition) is 1. The summed E-state index contributed by atoms with van der Waals surface area (Å²) in [5.74, 6) is 1.53. The van der Waals surface area contributed by atoms with Crippen LogP contribution in [0, 0.1) is 5.92 Å². The van der Waals surface area contributed by atoms with E-state index < -0.39 is 10.8 Å². The Hall–Kier alpha value is -0.220. The van der Waals surface area contributed by atoms with Crippen molar-refractivity contribution in [1.29, 1.82) is 0 Å². The molecule has 0 spiro atoms. The molecule has 0 aromatic carbocycles. The van der Waals surface area contributed by atoms with Crippen LogP contribution in [-0.4, -0.2) is 35.1 Å². The summed E-state index contributed by atoms with van der Waals surface area (Å²) in [4.78, 5) is 10.6. The zero-order chi connectivity index (χ0) is 11.1. The third-order valence-corrected chi connectivity index (χ3v) is 3.92. The van der Waals surface area contributed by atoms with Crippen LogP contribution < -0.4 is 5.32 Å². The fourth-order valence-corrected chi connectivity index (χ4v) is 2.69. The van der Waals surface area contributed by atoms with E-state index in [2.05, 4.69) is 5.32 Å². The van der Waals surface area contributed by atoms with Gasteiger partial charge in [0.1, 0.15) is 6.29 Å². The molecule has 88 valence electrons. The number of carbonyl (C=O) groups excluding carboxylic acids is 1. The standard InChI is InChI=1S/C11H21NO2S/c1-15(14)8-2-3-10-4-5-11(9-13)12-7-6-10/h9-12H,2-8H2,1H3/t10-,11?,15?/m0/s1. The Labute approximate surface area is 94.5 Å². The predicted octanol–water partition coefficient (Wildman–Crippen LogP) is 1.10. The first-order chi connectivity index (χ1) is 7.22. The van der Waals surface area contributed by atoms with Crippen molar-refractivity contribution < 1.29 is 9.00 Å². The number of hydrogen-bond acceptors (Lipinski definition) is 3. The van der Waals surface area contributed by atoms with E-state index in [1.54, 1.807) is 6.26 Å². The van der Waals surface area contributed by atoms with E-state index in [4.69, 9.17) is 0 Å². The molecule has 4 heteroatoms. The normalized spacial score (nSPS) is 29.4. The van der Waals surface area contributed by atoms with E-state index in [1.807, 2.05) is 0 Å². The van der Waals surface area contributed by atoms with Crippen LogP contribution in [0.3, 0.4) is 0 Å². The molecule has 1 fully saturated rings. The van der Waals surface area contributed by atoms with Crippen molar-refractivity contribution in [2.45, 2.75) is 38.1 Å². The van der Waals surface area contributed by atoms with Gasteiger partial charge in [0.25, 0.3) is 0 Å². The van der Waals surface area contributed by atoms with Crippen LogP contribution in [-0.2, 0) is 15.6 Å². The van der Waals surface area contributed by atoms with Crippen LogP contribution in [0.4, 0.5) is 0 Å². The molecular formula is C11H21NO2S. The van der Waals surface area contributed by atoms with Crippen LogP contribution >= 0.6 is 0 Å². The van der Waals surface area contributed by atoms with Gasteiger partial charge in [-0.15, -0.1) is 0 Å². The van der Waals surface area contributed by atoms with E-state index in [0.717, 1.165) is 50.7 Å². The Balaban J connectivity index is 2.19. The molecule has 0 saturated carbocycles. The molecule has 1 aliphatic heterocycles. The van der Waals surface area contributed by atoms with E-state index in [0.29, 0.717) is 5.92 Å². The van der Waals surface area contributed by atoms with Gasteiger partial charge in [-0.3, -0.25) is 4.21 Å². The lowest BCUT2D eigenvalue weighted by atomic mass is 9.95. The molecule has 0 aliphatic carbocycles. The molecule has 1 aliphatic rings. The van der Waals surface area contributed by atoms with E-state index in [-0.39, 0.29) is 6.04 Å². The van der Waals surface area contributed by atoms with Crippen LogP contribution in [0.15, 0.2) is 0 Å². The Morgan fingerprint density at radius 1 is 1.40 bits per heavy atom. The van der Waals surface area contributed by atoms with Gasteiger partial charge in [-0.1, -0.05) is 0 Å². The van der Waals surface area contributed by atoms with Crippen molar-refractivity contribution >= 4 is 17.1 Å². The molecule has 0 bridgehead atoms. The summed E-state index contributed by atoms with van der Waals surface area (Å²) in [5.41, 5.74) is 0. The van der Waals surface area contributed by atoms with Gasteiger partial charge < -0.3 is 10.1 Å². The molecule has 1 N–H and O–H groups in total.